The summed E-state index contributed by atoms with van der Waals surface area (Å²) in [5, 5.41) is 3.61. The number of hydrogen-bond acceptors (Lipinski definition) is 3. The number of furan rings is 1. The zero-order chi connectivity index (χ0) is 15.2. The van der Waals surface area contributed by atoms with Crippen LogP contribution < -0.4 is 10.1 Å². The number of hydrogen-bond donors (Lipinski definition) is 1. The third-order valence-electron chi connectivity index (χ3n) is 3.52. The molecule has 1 unspecified atom stereocenters. The van der Waals surface area contributed by atoms with E-state index in [4.69, 9.17) is 9.15 Å². The van der Waals surface area contributed by atoms with Crippen molar-refractivity contribution >= 4 is 15.9 Å². The summed E-state index contributed by atoms with van der Waals surface area (Å²) in [5.74, 6) is 1.88. The molecular formula is C17H22BrNO2. The number of ether oxygens (including phenoxy) is 1. The van der Waals surface area contributed by atoms with Gasteiger partial charge in [0.05, 0.1) is 23.9 Å². The first kappa shape index (κ1) is 16.1. The molecule has 21 heavy (non-hydrogen) atoms. The predicted octanol–water partition coefficient (Wildman–Crippen LogP) is 4.70. The largest absolute Gasteiger partial charge is 0.496 e. The van der Waals surface area contributed by atoms with Gasteiger partial charge in [-0.15, -0.1) is 0 Å². The fourth-order valence-corrected chi connectivity index (χ4v) is 3.01. The summed E-state index contributed by atoms with van der Waals surface area (Å²) in [6.45, 7) is 5.25. The number of benzene rings is 1. The summed E-state index contributed by atoms with van der Waals surface area (Å²) in [6, 6.07) is 8.40. The van der Waals surface area contributed by atoms with Crippen LogP contribution in [0, 0.1) is 0 Å². The van der Waals surface area contributed by atoms with E-state index in [9.17, 15) is 0 Å². The second kappa shape index (κ2) is 7.66. The van der Waals surface area contributed by atoms with Crippen molar-refractivity contribution in [1.82, 2.24) is 5.32 Å². The number of halogens is 1. The Kier molecular flexibility index (Phi) is 5.88. The smallest absolute Gasteiger partial charge is 0.133 e. The molecule has 0 saturated carbocycles. The summed E-state index contributed by atoms with van der Waals surface area (Å²) in [7, 11) is 1.68. The van der Waals surface area contributed by atoms with Gasteiger partial charge in [0.2, 0.25) is 0 Å². The Hall–Kier alpha value is -1.26. The van der Waals surface area contributed by atoms with Crippen molar-refractivity contribution in [1.29, 1.82) is 0 Å². The minimum atomic E-state index is 0.140. The topological polar surface area (TPSA) is 34.4 Å². The van der Waals surface area contributed by atoms with E-state index in [1.165, 1.54) is 11.1 Å². The number of rotatable bonds is 7. The van der Waals surface area contributed by atoms with Crippen LogP contribution in [-0.4, -0.2) is 13.7 Å². The fourth-order valence-electron chi connectivity index (χ4n) is 2.45. The summed E-state index contributed by atoms with van der Waals surface area (Å²) in [4.78, 5) is 0. The Bertz CT molecular complexity index is 580. The maximum absolute atomic E-state index is 5.59. The van der Waals surface area contributed by atoms with E-state index in [1.807, 2.05) is 6.07 Å². The predicted molar refractivity (Wildman–Crippen MR) is 88.9 cm³/mol. The Labute approximate surface area is 134 Å². The number of nitrogens with one attached hydrogen (secondary N) is 1. The van der Waals surface area contributed by atoms with E-state index in [2.05, 4.69) is 53.3 Å². The van der Waals surface area contributed by atoms with Gasteiger partial charge in [-0.1, -0.05) is 19.9 Å². The van der Waals surface area contributed by atoms with Gasteiger partial charge in [-0.25, -0.2) is 0 Å². The molecule has 1 aromatic carbocycles. The van der Waals surface area contributed by atoms with Crippen LogP contribution in [0.3, 0.4) is 0 Å². The normalized spacial score (nSPS) is 12.4. The molecular weight excluding hydrogens is 330 g/mol. The molecule has 1 heterocycles. The molecule has 0 aliphatic carbocycles. The minimum Gasteiger partial charge on any atom is -0.496 e. The lowest BCUT2D eigenvalue weighted by Gasteiger charge is -2.20. The van der Waals surface area contributed by atoms with E-state index in [0.29, 0.717) is 0 Å². The lowest BCUT2D eigenvalue weighted by Crippen LogP contribution is -2.23. The third-order valence-corrected chi connectivity index (χ3v) is 4.14. The van der Waals surface area contributed by atoms with Crippen LogP contribution in [0.5, 0.6) is 5.75 Å². The van der Waals surface area contributed by atoms with Gasteiger partial charge in [0, 0.05) is 12.0 Å². The molecule has 0 radical (unpaired) electrons. The van der Waals surface area contributed by atoms with Gasteiger partial charge in [0.1, 0.15) is 11.5 Å². The molecule has 0 spiro atoms. The summed E-state index contributed by atoms with van der Waals surface area (Å²) < 4.78 is 11.9. The van der Waals surface area contributed by atoms with Crippen LogP contribution in [0.4, 0.5) is 0 Å². The summed E-state index contributed by atoms with van der Waals surface area (Å²) >= 11 is 3.57. The molecule has 0 bridgehead atoms. The Morgan fingerprint density at radius 3 is 2.71 bits per heavy atom. The Balaban J connectivity index is 2.38. The zero-order valence-corrected chi connectivity index (χ0v) is 14.4. The van der Waals surface area contributed by atoms with Crippen LogP contribution in [0.25, 0.3) is 0 Å². The van der Waals surface area contributed by atoms with Crippen molar-refractivity contribution in [3.63, 3.8) is 0 Å². The molecule has 114 valence electrons. The second-order valence-corrected chi connectivity index (χ2v) is 5.79. The van der Waals surface area contributed by atoms with E-state index >= 15 is 0 Å². The Morgan fingerprint density at radius 2 is 2.10 bits per heavy atom. The van der Waals surface area contributed by atoms with Crippen LogP contribution in [0.15, 0.2) is 39.4 Å². The van der Waals surface area contributed by atoms with Gasteiger partial charge in [0.15, 0.2) is 0 Å². The van der Waals surface area contributed by atoms with Crippen molar-refractivity contribution in [3.8, 4) is 5.75 Å². The van der Waals surface area contributed by atoms with Crippen LogP contribution in [-0.2, 0) is 6.42 Å². The van der Waals surface area contributed by atoms with E-state index in [1.54, 1.807) is 13.4 Å². The average molecular weight is 352 g/mol. The fraction of sp³-hybridized carbons (Fsp3) is 0.412. The van der Waals surface area contributed by atoms with Gasteiger partial charge in [-0.05, 0) is 52.7 Å². The average Bonchev–Trinajstić information content (AvgIpc) is 2.96. The molecule has 0 aliphatic rings. The first-order valence-corrected chi connectivity index (χ1v) is 8.13. The second-order valence-electron chi connectivity index (χ2n) is 4.93. The molecule has 1 N–H and O–H groups in total. The van der Waals surface area contributed by atoms with Crippen LogP contribution >= 0.6 is 15.9 Å². The molecule has 2 aromatic rings. The molecule has 0 saturated heterocycles. The van der Waals surface area contributed by atoms with Crippen LogP contribution in [0.2, 0.25) is 0 Å². The summed E-state index contributed by atoms with van der Waals surface area (Å²) in [5.41, 5.74) is 2.41. The molecule has 2 rings (SSSR count). The van der Waals surface area contributed by atoms with Crippen LogP contribution in [0.1, 0.15) is 43.2 Å². The van der Waals surface area contributed by atoms with E-state index in [0.717, 1.165) is 35.4 Å². The van der Waals surface area contributed by atoms with Gasteiger partial charge in [0.25, 0.3) is 0 Å². The van der Waals surface area contributed by atoms with E-state index in [-0.39, 0.29) is 6.04 Å². The SMILES string of the molecule is CCCNC(c1ccc(OC)c(Br)c1)c1ccoc1CC. The van der Waals surface area contributed by atoms with Crippen molar-refractivity contribution in [2.75, 3.05) is 13.7 Å². The monoisotopic (exact) mass is 351 g/mol. The van der Waals surface area contributed by atoms with Gasteiger partial charge in [-0.3, -0.25) is 0 Å². The van der Waals surface area contributed by atoms with Gasteiger partial charge in [-0.2, -0.15) is 0 Å². The Morgan fingerprint density at radius 1 is 1.29 bits per heavy atom. The first-order chi connectivity index (χ1) is 10.2. The maximum Gasteiger partial charge on any atom is 0.133 e. The lowest BCUT2D eigenvalue weighted by atomic mass is 9.98. The zero-order valence-electron chi connectivity index (χ0n) is 12.8. The quantitative estimate of drug-likeness (QED) is 0.784. The highest BCUT2D eigenvalue weighted by Gasteiger charge is 2.19. The maximum atomic E-state index is 5.59. The number of aryl methyl sites for hydroxylation is 1. The van der Waals surface area contributed by atoms with Gasteiger partial charge < -0.3 is 14.5 Å². The van der Waals surface area contributed by atoms with Crippen molar-refractivity contribution in [3.05, 3.63) is 51.9 Å². The molecule has 4 heteroatoms. The van der Waals surface area contributed by atoms with Crippen molar-refractivity contribution in [2.45, 2.75) is 32.7 Å². The highest BCUT2D eigenvalue weighted by Crippen LogP contribution is 2.32. The minimum absolute atomic E-state index is 0.140. The standard InChI is InChI=1S/C17H22BrNO2/c1-4-9-19-17(13-8-10-21-15(13)5-2)12-6-7-16(20-3)14(18)11-12/h6-8,10-11,17,19H,4-5,9H2,1-3H3. The summed E-state index contributed by atoms with van der Waals surface area (Å²) in [6.07, 6.45) is 3.75. The highest BCUT2D eigenvalue weighted by atomic mass is 79.9. The molecule has 0 fully saturated rings. The van der Waals surface area contributed by atoms with Gasteiger partial charge >= 0.3 is 0 Å². The third kappa shape index (κ3) is 3.69. The molecule has 1 atom stereocenters. The molecule has 3 nitrogen and oxygen atoms in total. The highest BCUT2D eigenvalue weighted by molar-refractivity contribution is 9.10. The molecule has 0 amide bonds. The van der Waals surface area contributed by atoms with Crippen molar-refractivity contribution in [2.24, 2.45) is 0 Å². The van der Waals surface area contributed by atoms with E-state index < -0.39 is 0 Å². The molecule has 0 aliphatic heterocycles. The molecule has 1 aromatic heterocycles. The lowest BCUT2D eigenvalue weighted by molar-refractivity contribution is 0.411. The van der Waals surface area contributed by atoms with Crippen molar-refractivity contribution < 1.29 is 9.15 Å². The number of methoxy groups -OCH3 is 1. The first-order valence-electron chi connectivity index (χ1n) is 7.34.